The number of likely N-dealkylation sites (N-methyl/N-ethyl adjacent to an activating group) is 1. The van der Waals surface area contributed by atoms with Crippen molar-refractivity contribution in [3.63, 3.8) is 0 Å². The lowest BCUT2D eigenvalue weighted by Gasteiger charge is -2.28. The molecule has 356 valence electrons. The minimum absolute atomic E-state index is 0.0531. The van der Waals surface area contributed by atoms with Gasteiger partial charge in [0, 0.05) is 12.8 Å². The molecule has 0 aromatic carbocycles. The summed E-state index contributed by atoms with van der Waals surface area (Å²) in [6, 6.07) is 0. The maximum atomic E-state index is 12.7. The zero-order valence-corrected chi connectivity index (χ0v) is 40.3. The molecule has 4 atom stereocenters. The Kier molecular flexibility index (Phi) is 39.5. The summed E-state index contributed by atoms with van der Waals surface area (Å²) in [4.78, 5) is 37.7. The smallest absolute Gasteiger partial charge is 0.306 e. The lowest BCUT2D eigenvalue weighted by Crippen LogP contribution is -2.37. The van der Waals surface area contributed by atoms with E-state index in [0.29, 0.717) is 36.7 Å². The van der Waals surface area contributed by atoms with E-state index in [-0.39, 0.29) is 26.1 Å². The van der Waals surface area contributed by atoms with Crippen LogP contribution in [-0.4, -0.2) is 92.5 Å². The number of nitrogens with zero attached hydrogens (tertiary/aromatic N) is 1. The fourth-order valence-electron chi connectivity index (χ4n) is 6.97. The summed E-state index contributed by atoms with van der Waals surface area (Å²) in [6.07, 6.45) is 35.4. The van der Waals surface area contributed by atoms with Gasteiger partial charge in [-0.1, -0.05) is 180 Å². The molecule has 11 nitrogen and oxygen atoms in total. The third-order valence-corrected chi connectivity index (χ3v) is 12.0. The maximum Gasteiger partial charge on any atom is 0.306 e. The highest BCUT2D eigenvalue weighted by Gasteiger charge is 2.22. The van der Waals surface area contributed by atoms with Gasteiger partial charge in [-0.2, -0.15) is 0 Å². The van der Waals surface area contributed by atoms with E-state index in [4.69, 9.17) is 18.5 Å². The first kappa shape index (κ1) is 58.7. The first-order chi connectivity index (χ1) is 28.8. The number of hydrogen-bond donors (Lipinski definition) is 2. The van der Waals surface area contributed by atoms with Gasteiger partial charge in [-0.3, -0.25) is 14.2 Å². The Bertz CT molecular complexity index is 1070. The molecule has 0 radical (unpaired) electrons. The van der Waals surface area contributed by atoms with E-state index in [1.807, 2.05) is 27.2 Å². The van der Waals surface area contributed by atoms with Crippen LogP contribution in [-0.2, 0) is 32.7 Å². The van der Waals surface area contributed by atoms with E-state index < -0.39 is 44.7 Å². The predicted octanol–water partition coefficient (Wildman–Crippen LogP) is 11.5. The zero-order chi connectivity index (χ0) is 44.6. The summed E-state index contributed by atoms with van der Waals surface area (Å²) in [5.74, 6) is -0.935. The fraction of sp³-hybridized carbons (Fsp3) is 0.917. The Hall–Kier alpha value is -1.33. The van der Waals surface area contributed by atoms with Gasteiger partial charge in [-0.05, 0) is 38.5 Å². The molecule has 12 heteroatoms. The van der Waals surface area contributed by atoms with Gasteiger partial charge in [0.25, 0.3) is 7.82 Å². The Labute approximate surface area is 368 Å². The molecule has 0 heterocycles. The lowest BCUT2D eigenvalue weighted by molar-refractivity contribution is -0.870. The molecule has 2 N–H and O–H groups in total. The topological polar surface area (TPSA) is 152 Å². The molecule has 0 fully saturated rings. The predicted molar refractivity (Wildman–Crippen MR) is 243 cm³/mol. The third kappa shape index (κ3) is 42.0. The molecule has 0 saturated heterocycles. The van der Waals surface area contributed by atoms with Crippen LogP contribution in [0.4, 0.5) is 0 Å². The van der Waals surface area contributed by atoms with Gasteiger partial charge in [-0.25, -0.2) is 0 Å². The van der Waals surface area contributed by atoms with Crippen LogP contribution in [0.2, 0.25) is 0 Å². The number of carbonyl (C=O) groups excluding carboxylic acids is 2. The minimum atomic E-state index is -4.66. The highest BCUT2D eigenvalue weighted by molar-refractivity contribution is 7.45. The van der Waals surface area contributed by atoms with Crippen molar-refractivity contribution in [3.05, 3.63) is 12.2 Å². The molecule has 0 aromatic rings. The number of aliphatic hydroxyl groups excluding tert-OH is 2. The van der Waals surface area contributed by atoms with Crippen molar-refractivity contribution in [2.45, 2.75) is 238 Å². The van der Waals surface area contributed by atoms with Gasteiger partial charge in [0.2, 0.25) is 0 Å². The van der Waals surface area contributed by atoms with E-state index in [1.54, 1.807) is 0 Å². The van der Waals surface area contributed by atoms with Crippen LogP contribution in [0.5, 0.6) is 0 Å². The van der Waals surface area contributed by atoms with Crippen LogP contribution in [0, 0.1) is 0 Å². The molecule has 1 unspecified atom stereocenters. The SMILES string of the molecule is CCCCC/C=C\C[C@@H](O)[C@H](O)CCCCCCCC(=O)OC[C@H](COP(=O)([O-])OCC[N+](C)(C)C)OC(=O)CCCCCCCCCCCCCCCCCCCCC. The molecule has 0 aliphatic rings. The van der Waals surface area contributed by atoms with Crippen LogP contribution in [0.25, 0.3) is 0 Å². The van der Waals surface area contributed by atoms with Crippen LogP contribution in [0.1, 0.15) is 219 Å². The number of allylic oxidation sites excluding steroid dienone is 1. The third-order valence-electron chi connectivity index (χ3n) is 11.0. The minimum Gasteiger partial charge on any atom is -0.756 e. The molecule has 0 saturated carbocycles. The van der Waals surface area contributed by atoms with E-state index in [2.05, 4.69) is 19.9 Å². The maximum absolute atomic E-state index is 12.7. The second kappa shape index (κ2) is 40.4. The number of rotatable bonds is 45. The van der Waals surface area contributed by atoms with Gasteiger partial charge >= 0.3 is 11.9 Å². The lowest BCUT2D eigenvalue weighted by atomic mass is 10.0. The molecule has 0 rings (SSSR count). The Morgan fingerprint density at radius 3 is 1.53 bits per heavy atom. The quantitative estimate of drug-likeness (QED) is 0.0199. The number of unbranched alkanes of at least 4 members (excludes halogenated alkanes) is 25. The van der Waals surface area contributed by atoms with Crippen molar-refractivity contribution < 1.29 is 52.3 Å². The summed E-state index contributed by atoms with van der Waals surface area (Å²) in [6.45, 7) is 4.03. The van der Waals surface area contributed by atoms with Gasteiger partial charge in [-0.15, -0.1) is 0 Å². The molecule has 0 spiro atoms. The molecular formula is C48H94NO10P. The number of ether oxygens (including phenoxy) is 2. The largest absolute Gasteiger partial charge is 0.756 e. The Morgan fingerprint density at radius 1 is 0.583 bits per heavy atom. The Morgan fingerprint density at radius 2 is 1.03 bits per heavy atom. The first-order valence-corrected chi connectivity index (χ1v) is 26.0. The van der Waals surface area contributed by atoms with Crippen molar-refractivity contribution in [2.75, 3.05) is 47.5 Å². The van der Waals surface area contributed by atoms with Crippen molar-refractivity contribution in [3.8, 4) is 0 Å². The van der Waals surface area contributed by atoms with Crippen molar-refractivity contribution in [2.24, 2.45) is 0 Å². The standard InChI is InChI=1S/C48H94NO10P/c1-6-8-10-12-14-15-16-17-18-19-20-21-22-23-24-25-26-30-35-39-48(53)59-44(43-58-60(54,55)57-41-40-49(3,4)5)42-56-47(52)38-34-31-27-29-33-37-46(51)45(50)36-32-28-13-11-9-7-2/h28,32,44-46,50-51H,6-27,29-31,33-43H2,1-5H3/b32-28-/t44-,45-,46-/m1/s1. The number of carbonyl (C=O) groups is 2. The molecule has 0 bridgehead atoms. The summed E-state index contributed by atoms with van der Waals surface area (Å²) in [5, 5.41) is 20.5. The van der Waals surface area contributed by atoms with Gasteiger partial charge in [0.1, 0.15) is 19.8 Å². The number of hydrogen-bond acceptors (Lipinski definition) is 10. The first-order valence-electron chi connectivity index (χ1n) is 24.6. The molecule has 0 amide bonds. The summed E-state index contributed by atoms with van der Waals surface area (Å²) < 4.78 is 33.9. The number of esters is 2. The van der Waals surface area contributed by atoms with Gasteiger partial charge in [0.05, 0.1) is 40.0 Å². The summed E-state index contributed by atoms with van der Waals surface area (Å²) in [5.41, 5.74) is 0. The number of phosphoric acid groups is 1. The van der Waals surface area contributed by atoms with Crippen molar-refractivity contribution >= 4 is 19.8 Å². The molecule has 0 aliphatic carbocycles. The molecule has 0 aromatic heterocycles. The monoisotopic (exact) mass is 876 g/mol. The van der Waals surface area contributed by atoms with E-state index in [1.165, 1.54) is 109 Å². The second-order valence-corrected chi connectivity index (χ2v) is 19.6. The Balaban J connectivity index is 4.36. The van der Waals surface area contributed by atoms with E-state index in [9.17, 15) is 29.3 Å². The average Bonchev–Trinajstić information content (AvgIpc) is 3.19. The average molecular weight is 876 g/mol. The normalized spacial score (nSPS) is 14.6. The van der Waals surface area contributed by atoms with Crippen molar-refractivity contribution in [1.82, 2.24) is 0 Å². The number of phosphoric ester groups is 1. The number of quaternary nitrogens is 1. The second-order valence-electron chi connectivity index (χ2n) is 18.1. The zero-order valence-electron chi connectivity index (χ0n) is 39.4. The van der Waals surface area contributed by atoms with Crippen LogP contribution in [0.3, 0.4) is 0 Å². The van der Waals surface area contributed by atoms with Gasteiger partial charge in [0.15, 0.2) is 6.10 Å². The fourth-order valence-corrected chi connectivity index (χ4v) is 7.70. The number of aliphatic hydroxyl groups is 2. The van der Waals surface area contributed by atoms with Crippen LogP contribution < -0.4 is 4.89 Å². The summed E-state index contributed by atoms with van der Waals surface area (Å²) in [7, 11) is 1.09. The van der Waals surface area contributed by atoms with Gasteiger partial charge < -0.3 is 38.1 Å². The van der Waals surface area contributed by atoms with Crippen LogP contribution in [0.15, 0.2) is 12.2 Å². The molecular weight excluding hydrogens is 781 g/mol. The summed E-state index contributed by atoms with van der Waals surface area (Å²) >= 11 is 0. The highest BCUT2D eigenvalue weighted by atomic mass is 31.2. The van der Waals surface area contributed by atoms with E-state index in [0.717, 1.165) is 57.8 Å². The van der Waals surface area contributed by atoms with Crippen molar-refractivity contribution in [1.29, 1.82) is 0 Å². The molecule has 60 heavy (non-hydrogen) atoms. The van der Waals surface area contributed by atoms with E-state index >= 15 is 0 Å². The highest BCUT2D eigenvalue weighted by Crippen LogP contribution is 2.38. The van der Waals surface area contributed by atoms with Crippen LogP contribution >= 0.6 is 7.82 Å². The molecule has 0 aliphatic heterocycles.